The van der Waals surface area contributed by atoms with Gasteiger partial charge >= 0.3 is 8.80 Å². The molecule has 0 rings (SSSR count). The lowest BCUT2D eigenvalue weighted by atomic mass is 11.0. The molecule has 0 aliphatic heterocycles. The van der Waals surface area contributed by atoms with Crippen LogP contribution in [0.15, 0.2) is 0 Å². The summed E-state index contributed by atoms with van der Waals surface area (Å²) in [5.41, 5.74) is 0. The minimum atomic E-state index is -2.19. The molecule has 10 heavy (non-hydrogen) atoms. The highest BCUT2D eigenvalue weighted by atomic mass is 28.4. The van der Waals surface area contributed by atoms with Crippen LogP contribution < -0.4 is 0 Å². The Kier molecular flexibility index (Phi) is 7.39. The Morgan fingerprint density at radius 2 is 1.30 bits per heavy atom. The SMILES string of the molecule is CC[Si](OC)(OC)OC.O. The van der Waals surface area contributed by atoms with Crippen molar-refractivity contribution < 1.29 is 18.8 Å². The van der Waals surface area contributed by atoms with E-state index in [1.54, 1.807) is 21.3 Å². The van der Waals surface area contributed by atoms with Gasteiger partial charge in [-0.3, -0.25) is 0 Å². The summed E-state index contributed by atoms with van der Waals surface area (Å²) < 4.78 is 15.2. The second kappa shape index (κ2) is 5.81. The van der Waals surface area contributed by atoms with Crippen LogP contribution in [0, 0.1) is 0 Å². The van der Waals surface area contributed by atoms with Crippen molar-refractivity contribution in [2.24, 2.45) is 0 Å². The molecule has 4 nitrogen and oxygen atoms in total. The van der Waals surface area contributed by atoms with E-state index in [9.17, 15) is 0 Å². The summed E-state index contributed by atoms with van der Waals surface area (Å²) in [5, 5.41) is 0. The van der Waals surface area contributed by atoms with Crippen LogP contribution in [0.2, 0.25) is 6.04 Å². The van der Waals surface area contributed by atoms with Gasteiger partial charge in [0.05, 0.1) is 0 Å². The molecular weight excluding hydrogens is 152 g/mol. The molecule has 0 aliphatic rings. The monoisotopic (exact) mass is 168 g/mol. The predicted molar refractivity (Wildman–Crippen MR) is 40.9 cm³/mol. The highest BCUT2D eigenvalue weighted by molar-refractivity contribution is 6.60. The fourth-order valence-electron chi connectivity index (χ4n) is 0.683. The molecule has 0 aliphatic carbocycles. The normalized spacial score (nSPS) is 10.8. The first-order valence-corrected chi connectivity index (χ1v) is 4.83. The minimum Gasteiger partial charge on any atom is -0.412 e. The molecule has 0 atom stereocenters. The lowest BCUT2D eigenvalue weighted by Crippen LogP contribution is -2.41. The molecule has 0 fully saturated rings. The fourth-order valence-corrected chi connectivity index (χ4v) is 2.05. The smallest absolute Gasteiger partial charge is 0.412 e. The fraction of sp³-hybridized carbons (Fsp3) is 1.00. The van der Waals surface area contributed by atoms with Gasteiger partial charge in [-0.15, -0.1) is 0 Å². The van der Waals surface area contributed by atoms with Gasteiger partial charge in [-0.25, -0.2) is 0 Å². The molecule has 0 spiro atoms. The molecule has 0 unspecified atom stereocenters. The van der Waals surface area contributed by atoms with Gasteiger partial charge in [-0.2, -0.15) is 0 Å². The van der Waals surface area contributed by atoms with Crippen molar-refractivity contribution >= 4 is 8.80 Å². The van der Waals surface area contributed by atoms with Crippen LogP contribution >= 0.6 is 0 Å². The van der Waals surface area contributed by atoms with Crippen molar-refractivity contribution in [2.45, 2.75) is 13.0 Å². The van der Waals surface area contributed by atoms with E-state index in [4.69, 9.17) is 13.3 Å². The van der Waals surface area contributed by atoms with Gasteiger partial charge in [0.2, 0.25) is 0 Å². The quantitative estimate of drug-likeness (QED) is 0.558. The van der Waals surface area contributed by atoms with Crippen LogP contribution in [0.3, 0.4) is 0 Å². The topological polar surface area (TPSA) is 59.2 Å². The van der Waals surface area contributed by atoms with Crippen molar-refractivity contribution in [3.8, 4) is 0 Å². The second-order valence-corrected chi connectivity index (χ2v) is 4.95. The van der Waals surface area contributed by atoms with E-state index >= 15 is 0 Å². The van der Waals surface area contributed by atoms with Gasteiger partial charge in [-0.05, 0) is 0 Å². The summed E-state index contributed by atoms with van der Waals surface area (Å²) in [6.07, 6.45) is 0. The van der Waals surface area contributed by atoms with E-state index in [-0.39, 0.29) is 5.48 Å². The van der Waals surface area contributed by atoms with Crippen LogP contribution in [0.1, 0.15) is 6.92 Å². The minimum absolute atomic E-state index is 0. The van der Waals surface area contributed by atoms with E-state index in [2.05, 4.69) is 0 Å². The number of hydrogen-bond acceptors (Lipinski definition) is 3. The molecule has 0 saturated carbocycles. The van der Waals surface area contributed by atoms with Gasteiger partial charge in [-0.1, -0.05) is 6.92 Å². The molecule has 64 valence electrons. The van der Waals surface area contributed by atoms with Crippen LogP contribution in [-0.2, 0) is 13.3 Å². The van der Waals surface area contributed by atoms with Gasteiger partial charge in [0.25, 0.3) is 0 Å². The van der Waals surface area contributed by atoms with Gasteiger partial charge in [0, 0.05) is 27.4 Å². The highest BCUT2D eigenvalue weighted by Crippen LogP contribution is 2.10. The first kappa shape index (κ1) is 12.7. The molecule has 0 aromatic heterocycles. The van der Waals surface area contributed by atoms with Crippen molar-refractivity contribution in [3.63, 3.8) is 0 Å². The molecular formula is C5H16O4Si. The molecule has 0 bridgehead atoms. The van der Waals surface area contributed by atoms with Crippen molar-refractivity contribution in [3.05, 3.63) is 0 Å². The number of hydrogen-bond donors (Lipinski definition) is 0. The molecule has 0 aromatic carbocycles. The van der Waals surface area contributed by atoms with Gasteiger partial charge in [0.15, 0.2) is 0 Å². The first-order valence-electron chi connectivity index (χ1n) is 2.90. The maximum absolute atomic E-state index is 5.08. The highest BCUT2D eigenvalue weighted by Gasteiger charge is 2.34. The van der Waals surface area contributed by atoms with Gasteiger partial charge < -0.3 is 18.8 Å². The molecule has 5 heteroatoms. The third-order valence-corrected chi connectivity index (χ3v) is 4.10. The Balaban J connectivity index is 0. The molecule has 0 heterocycles. The van der Waals surface area contributed by atoms with E-state index < -0.39 is 8.80 Å². The zero-order chi connectivity index (χ0) is 7.33. The molecule has 2 N–H and O–H groups in total. The van der Waals surface area contributed by atoms with Crippen molar-refractivity contribution in [1.29, 1.82) is 0 Å². The average molecular weight is 168 g/mol. The third-order valence-electron chi connectivity index (χ3n) is 1.37. The maximum Gasteiger partial charge on any atom is 0.499 e. The standard InChI is InChI=1S/C5H14O3Si.H2O/c1-5-9(6-2,7-3)8-4;/h5H2,1-4H3;1H2. The summed E-state index contributed by atoms with van der Waals surface area (Å²) in [7, 11) is 2.65. The Hall–Kier alpha value is 0.0569. The van der Waals surface area contributed by atoms with Crippen LogP contribution in [0.4, 0.5) is 0 Å². The molecule has 0 aromatic rings. The Bertz CT molecular complexity index is 56.5. The van der Waals surface area contributed by atoms with Gasteiger partial charge in [0.1, 0.15) is 0 Å². The first-order chi connectivity index (χ1) is 4.24. The average Bonchev–Trinajstić information content (AvgIpc) is 1.95. The van der Waals surface area contributed by atoms with Crippen molar-refractivity contribution in [2.75, 3.05) is 21.3 Å². The summed E-state index contributed by atoms with van der Waals surface area (Å²) in [6.45, 7) is 1.99. The maximum atomic E-state index is 5.08. The van der Waals surface area contributed by atoms with Crippen LogP contribution in [0.25, 0.3) is 0 Å². The second-order valence-electron chi connectivity index (χ2n) is 1.65. The third kappa shape index (κ3) is 2.76. The molecule has 0 saturated heterocycles. The Labute approximate surface area is 62.8 Å². The van der Waals surface area contributed by atoms with E-state index in [0.717, 1.165) is 6.04 Å². The lowest BCUT2D eigenvalue weighted by molar-refractivity contribution is 0.125. The van der Waals surface area contributed by atoms with Crippen LogP contribution in [-0.4, -0.2) is 35.6 Å². The summed E-state index contributed by atoms with van der Waals surface area (Å²) in [4.78, 5) is 0. The lowest BCUT2D eigenvalue weighted by Gasteiger charge is -2.22. The van der Waals surface area contributed by atoms with E-state index in [1.807, 2.05) is 6.92 Å². The Morgan fingerprint density at radius 1 is 1.00 bits per heavy atom. The zero-order valence-corrected chi connectivity index (χ0v) is 7.93. The van der Waals surface area contributed by atoms with E-state index in [0.29, 0.717) is 0 Å². The summed E-state index contributed by atoms with van der Waals surface area (Å²) in [5.74, 6) is 0. The summed E-state index contributed by atoms with van der Waals surface area (Å²) >= 11 is 0. The Morgan fingerprint density at radius 3 is 1.30 bits per heavy atom. The predicted octanol–water partition coefficient (Wildman–Crippen LogP) is 0.0597. The molecule has 0 amide bonds. The molecule has 0 radical (unpaired) electrons. The van der Waals surface area contributed by atoms with Crippen LogP contribution in [0.5, 0.6) is 0 Å². The summed E-state index contributed by atoms with van der Waals surface area (Å²) in [6, 6.07) is 0.816. The zero-order valence-electron chi connectivity index (χ0n) is 6.93. The van der Waals surface area contributed by atoms with Crippen molar-refractivity contribution in [1.82, 2.24) is 0 Å². The largest absolute Gasteiger partial charge is 0.499 e. The van der Waals surface area contributed by atoms with E-state index in [1.165, 1.54) is 0 Å². The number of rotatable bonds is 4.